The van der Waals surface area contributed by atoms with Gasteiger partial charge in [-0.25, -0.2) is 0 Å². The molecule has 0 aromatic rings. The van der Waals surface area contributed by atoms with Crippen molar-refractivity contribution < 1.29 is 14.6 Å². The lowest BCUT2D eigenvalue weighted by Crippen LogP contribution is -2.12. The van der Waals surface area contributed by atoms with Crippen LogP contribution >= 0.6 is 0 Å². The lowest BCUT2D eigenvalue weighted by Gasteiger charge is -2.12. The zero-order valence-electron chi connectivity index (χ0n) is 9.00. The smallest absolute Gasteiger partial charge is 0.133 e. The third-order valence-electron chi connectivity index (χ3n) is 2.27. The van der Waals surface area contributed by atoms with E-state index in [-0.39, 0.29) is 11.9 Å². The van der Waals surface area contributed by atoms with E-state index in [1.807, 2.05) is 26.0 Å². The lowest BCUT2D eigenvalue weighted by molar-refractivity contribution is 0.125. The molecule has 3 nitrogen and oxygen atoms in total. The molecule has 14 heavy (non-hydrogen) atoms. The van der Waals surface area contributed by atoms with Crippen LogP contribution in [-0.4, -0.2) is 25.4 Å². The lowest BCUT2D eigenvalue weighted by atomic mass is 10.1. The molecule has 3 heteroatoms. The summed E-state index contributed by atoms with van der Waals surface area (Å²) in [6, 6.07) is 0. The van der Waals surface area contributed by atoms with E-state index in [9.17, 15) is 5.11 Å². The Morgan fingerprint density at radius 1 is 1.29 bits per heavy atom. The predicted molar refractivity (Wildman–Crippen MR) is 55.0 cm³/mol. The summed E-state index contributed by atoms with van der Waals surface area (Å²) in [6.45, 7) is 3.75. The maximum atomic E-state index is 9.83. The van der Waals surface area contributed by atoms with Gasteiger partial charge in [-0.2, -0.15) is 0 Å². The molecular formula is C11H16O3. The normalized spacial score (nSPS) is 22.7. The summed E-state index contributed by atoms with van der Waals surface area (Å²) in [7, 11) is 3.15. The highest BCUT2D eigenvalue weighted by molar-refractivity contribution is 5.39. The maximum Gasteiger partial charge on any atom is 0.133 e. The highest BCUT2D eigenvalue weighted by atomic mass is 16.5. The minimum absolute atomic E-state index is 0.206. The minimum atomic E-state index is -0.376. The Bertz CT molecular complexity index is 310. The van der Waals surface area contributed by atoms with E-state index >= 15 is 0 Å². The molecule has 1 aliphatic carbocycles. The number of rotatable bonds is 2. The van der Waals surface area contributed by atoms with Gasteiger partial charge in [0.1, 0.15) is 17.6 Å². The van der Waals surface area contributed by atoms with Crippen molar-refractivity contribution in [1.29, 1.82) is 0 Å². The Labute approximate surface area is 84.3 Å². The second-order valence-corrected chi connectivity index (χ2v) is 3.29. The number of hydrogen-bond donors (Lipinski definition) is 1. The summed E-state index contributed by atoms with van der Waals surface area (Å²) >= 11 is 0. The van der Waals surface area contributed by atoms with Gasteiger partial charge in [0.25, 0.3) is 0 Å². The molecule has 0 fully saturated rings. The van der Waals surface area contributed by atoms with Crippen LogP contribution in [-0.2, 0) is 9.47 Å². The Kier molecular flexibility index (Phi) is 3.36. The number of aliphatic hydroxyl groups is 1. The fraction of sp³-hybridized carbons (Fsp3) is 0.455. The fourth-order valence-corrected chi connectivity index (χ4v) is 1.41. The van der Waals surface area contributed by atoms with Gasteiger partial charge in [0, 0.05) is 12.7 Å². The number of allylic oxidation sites excluding steroid dienone is 3. The van der Waals surface area contributed by atoms with Crippen LogP contribution in [0.15, 0.2) is 34.8 Å². The summed E-state index contributed by atoms with van der Waals surface area (Å²) < 4.78 is 10.3. The Morgan fingerprint density at radius 2 is 1.93 bits per heavy atom. The Morgan fingerprint density at radius 3 is 2.43 bits per heavy atom. The van der Waals surface area contributed by atoms with Gasteiger partial charge < -0.3 is 14.6 Å². The summed E-state index contributed by atoms with van der Waals surface area (Å²) in [6.07, 6.45) is 3.36. The summed E-state index contributed by atoms with van der Waals surface area (Å²) in [4.78, 5) is 0. The molecule has 1 aliphatic rings. The van der Waals surface area contributed by atoms with Crippen molar-refractivity contribution in [2.24, 2.45) is 0 Å². The molecule has 0 aliphatic heterocycles. The molecule has 1 unspecified atom stereocenters. The maximum absolute atomic E-state index is 9.83. The summed E-state index contributed by atoms with van der Waals surface area (Å²) in [5.74, 6) is 0.883. The topological polar surface area (TPSA) is 38.7 Å². The summed E-state index contributed by atoms with van der Waals surface area (Å²) in [5, 5.41) is 9.83. The molecule has 0 aromatic carbocycles. The van der Waals surface area contributed by atoms with Gasteiger partial charge in [0.15, 0.2) is 0 Å². The van der Waals surface area contributed by atoms with E-state index < -0.39 is 0 Å². The van der Waals surface area contributed by atoms with Crippen LogP contribution in [0.3, 0.4) is 0 Å². The van der Waals surface area contributed by atoms with E-state index in [4.69, 9.17) is 9.47 Å². The molecule has 1 N–H and O–H groups in total. The first-order chi connectivity index (χ1) is 6.60. The average Bonchev–Trinajstić information content (AvgIpc) is 2.29. The molecule has 1 rings (SSSR count). The molecule has 1 atom stereocenters. The Hall–Kier alpha value is -1.22. The van der Waals surface area contributed by atoms with Crippen LogP contribution < -0.4 is 0 Å². The predicted octanol–water partition coefficient (Wildman–Crippen LogP) is 2.32. The molecule has 0 saturated heterocycles. The highest BCUT2D eigenvalue weighted by Crippen LogP contribution is 2.23. The summed E-state index contributed by atoms with van der Waals surface area (Å²) in [5.41, 5.74) is 1.73. The van der Waals surface area contributed by atoms with Crippen molar-refractivity contribution in [3.05, 3.63) is 34.8 Å². The molecular weight excluding hydrogens is 180 g/mol. The molecule has 0 radical (unpaired) electrons. The van der Waals surface area contributed by atoms with Crippen LogP contribution in [0.5, 0.6) is 0 Å². The van der Waals surface area contributed by atoms with Gasteiger partial charge in [-0.3, -0.25) is 0 Å². The molecule has 0 spiro atoms. The molecule has 0 aromatic heterocycles. The molecule has 78 valence electrons. The second-order valence-electron chi connectivity index (χ2n) is 3.29. The molecule has 0 heterocycles. The van der Waals surface area contributed by atoms with Gasteiger partial charge in [0.05, 0.1) is 7.11 Å². The van der Waals surface area contributed by atoms with Crippen LogP contribution in [0, 0.1) is 0 Å². The standard InChI is InChI=1S/C11H16O3/c1-7-5-9(13-3)8(2)11(12)10(6-7)14-4/h5-6,10,12H,1-4H3. The van der Waals surface area contributed by atoms with E-state index in [1.165, 1.54) is 0 Å². The third-order valence-corrected chi connectivity index (χ3v) is 2.27. The first-order valence-corrected chi connectivity index (χ1v) is 4.47. The van der Waals surface area contributed by atoms with Crippen molar-refractivity contribution in [2.45, 2.75) is 20.0 Å². The van der Waals surface area contributed by atoms with Gasteiger partial charge in [-0.1, -0.05) is 0 Å². The first-order valence-electron chi connectivity index (χ1n) is 4.47. The van der Waals surface area contributed by atoms with Gasteiger partial charge in [-0.05, 0) is 31.6 Å². The minimum Gasteiger partial charge on any atom is -0.509 e. The van der Waals surface area contributed by atoms with E-state index in [1.54, 1.807) is 14.2 Å². The highest BCUT2D eigenvalue weighted by Gasteiger charge is 2.18. The van der Waals surface area contributed by atoms with E-state index in [2.05, 4.69) is 0 Å². The zero-order chi connectivity index (χ0) is 10.7. The van der Waals surface area contributed by atoms with Crippen molar-refractivity contribution in [1.82, 2.24) is 0 Å². The van der Waals surface area contributed by atoms with Crippen molar-refractivity contribution in [3.8, 4) is 0 Å². The van der Waals surface area contributed by atoms with Crippen molar-refractivity contribution in [3.63, 3.8) is 0 Å². The second kappa shape index (κ2) is 4.33. The molecule has 0 bridgehead atoms. The quantitative estimate of drug-likeness (QED) is 0.736. The van der Waals surface area contributed by atoms with Crippen molar-refractivity contribution in [2.75, 3.05) is 14.2 Å². The van der Waals surface area contributed by atoms with Crippen LogP contribution in [0.2, 0.25) is 0 Å². The molecule has 0 saturated carbocycles. The number of hydrogen-bond acceptors (Lipinski definition) is 3. The largest absolute Gasteiger partial charge is 0.509 e. The SMILES string of the molecule is COC1=CC(C)=CC(OC)C(O)=C1C. The first kappa shape index (κ1) is 10.9. The third kappa shape index (κ3) is 1.99. The zero-order valence-corrected chi connectivity index (χ0v) is 9.00. The average molecular weight is 196 g/mol. The number of methoxy groups -OCH3 is 2. The monoisotopic (exact) mass is 196 g/mol. The molecule has 0 amide bonds. The fourth-order valence-electron chi connectivity index (χ4n) is 1.41. The van der Waals surface area contributed by atoms with Gasteiger partial charge >= 0.3 is 0 Å². The van der Waals surface area contributed by atoms with Crippen LogP contribution in [0.4, 0.5) is 0 Å². The van der Waals surface area contributed by atoms with Crippen LogP contribution in [0.25, 0.3) is 0 Å². The number of aliphatic hydroxyl groups excluding tert-OH is 1. The van der Waals surface area contributed by atoms with Crippen molar-refractivity contribution >= 4 is 0 Å². The van der Waals surface area contributed by atoms with E-state index in [0.717, 1.165) is 5.57 Å². The van der Waals surface area contributed by atoms with E-state index in [0.29, 0.717) is 11.3 Å². The number of ether oxygens (including phenoxy) is 2. The van der Waals surface area contributed by atoms with Crippen LogP contribution in [0.1, 0.15) is 13.8 Å². The van der Waals surface area contributed by atoms with Gasteiger partial charge in [-0.15, -0.1) is 0 Å². The van der Waals surface area contributed by atoms with Gasteiger partial charge in [0.2, 0.25) is 0 Å². The Balaban J connectivity index is 3.16.